The number of aromatic nitrogens is 3. The van der Waals surface area contributed by atoms with Crippen LogP contribution in [0.1, 0.15) is 16.1 Å². The number of nitrogens with zero attached hydrogens (tertiary/aromatic N) is 3. The molecule has 4 aromatic rings. The maximum atomic E-state index is 12.7. The SMILES string of the molecule is Cc1cccc(-n2nc(C(=O)Nc3nc(-c4ccc(Br)cc4)cs3)c(O)cc2=O)c1. The Bertz CT molecular complexity index is 1300. The van der Waals surface area contributed by atoms with Gasteiger partial charge in [0.25, 0.3) is 11.5 Å². The molecule has 2 aromatic heterocycles. The summed E-state index contributed by atoms with van der Waals surface area (Å²) in [6.45, 7) is 1.88. The van der Waals surface area contributed by atoms with E-state index in [4.69, 9.17) is 0 Å². The number of thiazole rings is 1. The molecule has 4 rings (SSSR count). The monoisotopic (exact) mass is 482 g/mol. The van der Waals surface area contributed by atoms with Gasteiger partial charge in [-0.05, 0) is 36.8 Å². The molecule has 0 aliphatic rings. The van der Waals surface area contributed by atoms with Crippen LogP contribution in [-0.4, -0.2) is 25.8 Å². The van der Waals surface area contributed by atoms with Gasteiger partial charge in [0.05, 0.1) is 11.4 Å². The Morgan fingerprint density at radius 1 is 1.17 bits per heavy atom. The number of anilines is 1. The van der Waals surface area contributed by atoms with Crippen LogP contribution in [0, 0.1) is 6.92 Å². The first kappa shape index (κ1) is 20.0. The van der Waals surface area contributed by atoms with Crippen molar-refractivity contribution in [2.75, 3.05) is 5.32 Å². The van der Waals surface area contributed by atoms with Crippen LogP contribution in [0.2, 0.25) is 0 Å². The second-order valence-electron chi connectivity index (χ2n) is 6.47. The van der Waals surface area contributed by atoms with Gasteiger partial charge in [-0.2, -0.15) is 9.78 Å². The second kappa shape index (κ2) is 8.21. The van der Waals surface area contributed by atoms with Gasteiger partial charge in [0.15, 0.2) is 16.6 Å². The quantitative estimate of drug-likeness (QED) is 0.449. The van der Waals surface area contributed by atoms with Crippen LogP contribution in [0.5, 0.6) is 5.75 Å². The van der Waals surface area contributed by atoms with Gasteiger partial charge < -0.3 is 5.11 Å². The number of amides is 1. The van der Waals surface area contributed by atoms with Crippen molar-refractivity contribution in [2.24, 2.45) is 0 Å². The zero-order valence-electron chi connectivity index (χ0n) is 15.7. The highest BCUT2D eigenvalue weighted by atomic mass is 79.9. The van der Waals surface area contributed by atoms with E-state index in [1.54, 1.807) is 18.2 Å². The number of hydrogen-bond acceptors (Lipinski definition) is 6. The van der Waals surface area contributed by atoms with E-state index in [0.717, 1.165) is 26.3 Å². The molecule has 0 fully saturated rings. The molecule has 150 valence electrons. The number of carbonyl (C=O) groups is 1. The topological polar surface area (TPSA) is 97.1 Å². The number of hydrogen-bond donors (Lipinski definition) is 2. The van der Waals surface area contributed by atoms with Crippen molar-refractivity contribution >= 4 is 38.3 Å². The predicted molar refractivity (Wildman–Crippen MR) is 119 cm³/mol. The van der Waals surface area contributed by atoms with Crippen molar-refractivity contribution < 1.29 is 9.90 Å². The fraction of sp³-hybridized carbons (Fsp3) is 0.0476. The van der Waals surface area contributed by atoms with Gasteiger partial charge in [0.2, 0.25) is 0 Å². The molecule has 7 nitrogen and oxygen atoms in total. The van der Waals surface area contributed by atoms with E-state index in [0.29, 0.717) is 16.5 Å². The molecule has 2 heterocycles. The molecule has 2 aromatic carbocycles. The molecule has 0 aliphatic heterocycles. The van der Waals surface area contributed by atoms with Crippen LogP contribution in [0.15, 0.2) is 69.2 Å². The van der Waals surface area contributed by atoms with Gasteiger partial charge in [-0.25, -0.2) is 4.98 Å². The van der Waals surface area contributed by atoms with E-state index >= 15 is 0 Å². The zero-order chi connectivity index (χ0) is 21.3. The Labute approximate surface area is 183 Å². The van der Waals surface area contributed by atoms with Crippen molar-refractivity contribution in [3.05, 3.63) is 86.1 Å². The second-order valence-corrected chi connectivity index (χ2v) is 8.24. The fourth-order valence-corrected chi connectivity index (χ4v) is 3.77. The summed E-state index contributed by atoms with van der Waals surface area (Å²) in [5.74, 6) is -1.16. The van der Waals surface area contributed by atoms with Crippen molar-refractivity contribution in [1.29, 1.82) is 0 Å². The first-order chi connectivity index (χ1) is 14.4. The highest BCUT2D eigenvalue weighted by Crippen LogP contribution is 2.26. The number of rotatable bonds is 4. The lowest BCUT2D eigenvalue weighted by Gasteiger charge is -2.09. The molecule has 0 saturated carbocycles. The molecule has 0 unspecified atom stereocenters. The normalized spacial score (nSPS) is 10.7. The Morgan fingerprint density at radius 2 is 1.93 bits per heavy atom. The summed E-state index contributed by atoms with van der Waals surface area (Å²) in [6, 6.07) is 15.7. The van der Waals surface area contributed by atoms with Gasteiger partial charge in [-0.15, -0.1) is 11.3 Å². The first-order valence-corrected chi connectivity index (χ1v) is 10.5. The molecule has 2 N–H and O–H groups in total. The maximum absolute atomic E-state index is 12.7. The van der Waals surface area contributed by atoms with Gasteiger partial charge in [-0.3, -0.25) is 14.9 Å². The molecule has 0 bridgehead atoms. The molecule has 1 amide bonds. The molecular formula is C21H15BrN4O3S. The van der Waals surface area contributed by atoms with Crippen LogP contribution in [0.4, 0.5) is 5.13 Å². The third-order valence-corrected chi connectivity index (χ3v) is 5.52. The molecular weight excluding hydrogens is 468 g/mol. The summed E-state index contributed by atoms with van der Waals surface area (Å²) in [5.41, 5.74) is 2.25. The summed E-state index contributed by atoms with van der Waals surface area (Å²) in [7, 11) is 0. The van der Waals surface area contributed by atoms with Crippen LogP contribution in [0.25, 0.3) is 16.9 Å². The highest BCUT2D eigenvalue weighted by Gasteiger charge is 2.18. The van der Waals surface area contributed by atoms with Crippen LogP contribution < -0.4 is 10.9 Å². The summed E-state index contributed by atoms with van der Waals surface area (Å²) in [6.07, 6.45) is 0. The molecule has 0 atom stereocenters. The summed E-state index contributed by atoms with van der Waals surface area (Å²) in [5, 5.41) is 19.0. The Morgan fingerprint density at radius 3 is 2.67 bits per heavy atom. The Hall–Kier alpha value is -3.30. The largest absolute Gasteiger partial charge is 0.505 e. The number of halogens is 1. The van der Waals surface area contributed by atoms with Gasteiger partial charge in [0, 0.05) is 21.5 Å². The molecule has 0 aliphatic carbocycles. The van der Waals surface area contributed by atoms with Crippen molar-refractivity contribution in [2.45, 2.75) is 6.92 Å². The van der Waals surface area contributed by atoms with Crippen molar-refractivity contribution in [3.8, 4) is 22.7 Å². The third-order valence-electron chi connectivity index (χ3n) is 4.24. The summed E-state index contributed by atoms with van der Waals surface area (Å²) >= 11 is 4.64. The standard InChI is InChI=1S/C21H15BrN4O3S/c1-12-3-2-4-15(9-12)26-18(28)10-17(27)19(25-26)20(29)24-21-23-16(11-30-21)13-5-7-14(22)8-6-13/h2-11,27H,1H3,(H,23,24,29). The number of aromatic hydroxyl groups is 1. The van der Waals surface area contributed by atoms with Gasteiger partial charge in [0.1, 0.15) is 0 Å². The smallest absolute Gasteiger partial charge is 0.281 e. The van der Waals surface area contributed by atoms with E-state index in [1.807, 2.05) is 42.6 Å². The number of benzene rings is 2. The molecule has 0 spiro atoms. The summed E-state index contributed by atoms with van der Waals surface area (Å²) < 4.78 is 2.04. The van der Waals surface area contributed by atoms with E-state index in [9.17, 15) is 14.7 Å². The van der Waals surface area contributed by atoms with Gasteiger partial charge >= 0.3 is 0 Å². The lowest BCUT2D eigenvalue weighted by atomic mass is 10.2. The minimum absolute atomic E-state index is 0.267. The number of nitrogens with one attached hydrogen (secondary N) is 1. The molecule has 0 radical (unpaired) electrons. The first-order valence-electron chi connectivity index (χ1n) is 8.84. The van der Waals surface area contributed by atoms with Crippen molar-refractivity contribution in [3.63, 3.8) is 0 Å². The molecule has 0 saturated heterocycles. The van der Waals surface area contributed by atoms with E-state index in [-0.39, 0.29) is 5.69 Å². The van der Waals surface area contributed by atoms with Crippen molar-refractivity contribution in [1.82, 2.24) is 14.8 Å². The fourth-order valence-electron chi connectivity index (χ4n) is 2.79. The Kier molecular flexibility index (Phi) is 5.47. The van der Waals surface area contributed by atoms with E-state index in [1.165, 1.54) is 11.3 Å². The lowest BCUT2D eigenvalue weighted by molar-refractivity contribution is 0.101. The summed E-state index contributed by atoms with van der Waals surface area (Å²) in [4.78, 5) is 29.4. The molecule has 30 heavy (non-hydrogen) atoms. The average molecular weight is 483 g/mol. The lowest BCUT2D eigenvalue weighted by Crippen LogP contribution is -2.25. The highest BCUT2D eigenvalue weighted by molar-refractivity contribution is 9.10. The predicted octanol–water partition coefficient (Wildman–Crippen LogP) is 4.38. The van der Waals surface area contributed by atoms with E-state index in [2.05, 4.69) is 31.3 Å². The molecule has 9 heteroatoms. The minimum atomic E-state index is -0.661. The average Bonchev–Trinajstić information content (AvgIpc) is 3.17. The zero-order valence-corrected chi connectivity index (χ0v) is 18.1. The van der Waals surface area contributed by atoms with Gasteiger partial charge in [-0.1, -0.05) is 40.2 Å². The van der Waals surface area contributed by atoms with Crippen LogP contribution in [0.3, 0.4) is 0 Å². The van der Waals surface area contributed by atoms with Crippen LogP contribution >= 0.6 is 27.3 Å². The van der Waals surface area contributed by atoms with E-state index < -0.39 is 17.2 Å². The minimum Gasteiger partial charge on any atom is -0.505 e. The number of carbonyl (C=O) groups excluding carboxylic acids is 1. The third kappa shape index (κ3) is 4.17. The maximum Gasteiger partial charge on any atom is 0.281 e. The number of aryl methyl sites for hydroxylation is 1. The van der Waals surface area contributed by atoms with Crippen LogP contribution in [-0.2, 0) is 0 Å². The Balaban J connectivity index is 1.62.